The Morgan fingerprint density at radius 1 is 1.16 bits per heavy atom. The summed E-state index contributed by atoms with van der Waals surface area (Å²) in [5.74, 6) is 0.829. The van der Waals surface area contributed by atoms with Crippen molar-refractivity contribution in [2.45, 2.75) is 32.8 Å². The van der Waals surface area contributed by atoms with Crippen LogP contribution in [0.3, 0.4) is 0 Å². The molecule has 1 fully saturated rings. The Hall–Kier alpha value is -1.20. The number of carbonyl (C=O) groups excluding carboxylic acids is 2. The number of hydrogen-bond acceptors (Lipinski definition) is 5. The number of ether oxygens (including phenoxy) is 2. The number of aldehydes is 1. The van der Waals surface area contributed by atoms with Gasteiger partial charge in [-0.1, -0.05) is 6.08 Å². The van der Waals surface area contributed by atoms with Crippen molar-refractivity contribution >= 4 is 12.8 Å². The van der Waals surface area contributed by atoms with Gasteiger partial charge in [-0.3, -0.25) is 4.79 Å². The highest BCUT2D eigenvalue weighted by Crippen LogP contribution is 2.36. The van der Waals surface area contributed by atoms with Crippen LogP contribution >= 0.6 is 0 Å². The molecule has 0 bridgehead atoms. The fraction of sp³-hybridized carbons (Fsp3) is 0.714. The molecular formula is C14H29NO4. The highest BCUT2D eigenvalue weighted by Gasteiger charge is 2.33. The smallest absolute Gasteiger partial charge is 0.293 e. The van der Waals surface area contributed by atoms with Crippen molar-refractivity contribution in [2.24, 2.45) is 17.6 Å². The van der Waals surface area contributed by atoms with Crippen molar-refractivity contribution in [3.63, 3.8) is 0 Å². The SMILES string of the molecule is C=CC1CC1C=O.CC(C)(C)OC=O.CN.COC. The molecule has 1 aliphatic rings. The molecule has 1 aliphatic carbocycles. The third-order valence-electron chi connectivity index (χ3n) is 1.77. The summed E-state index contributed by atoms with van der Waals surface area (Å²) in [5, 5.41) is 0. The Balaban J connectivity index is -0.000000203. The molecule has 0 aromatic rings. The van der Waals surface area contributed by atoms with Gasteiger partial charge in [-0.25, -0.2) is 0 Å². The van der Waals surface area contributed by atoms with Gasteiger partial charge in [0.25, 0.3) is 6.47 Å². The number of rotatable bonds is 3. The van der Waals surface area contributed by atoms with Crippen LogP contribution in [0.25, 0.3) is 0 Å². The predicted molar refractivity (Wildman–Crippen MR) is 77.8 cm³/mol. The van der Waals surface area contributed by atoms with E-state index >= 15 is 0 Å². The van der Waals surface area contributed by atoms with Crippen LogP contribution in [0.2, 0.25) is 0 Å². The van der Waals surface area contributed by atoms with Gasteiger partial charge in [0, 0.05) is 20.1 Å². The van der Waals surface area contributed by atoms with Gasteiger partial charge in [0.2, 0.25) is 0 Å². The first-order valence-electron chi connectivity index (χ1n) is 6.03. The third-order valence-corrected chi connectivity index (χ3v) is 1.77. The maximum atomic E-state index is 9.89. The lowest BCUT2D eigenvalue weighted by Gasteiger charge is -2.14. The molecule has 2 unspecified atom stereocenters. The lowest BCUT2D eigenvalue weighted by Crippen LogP contribution is -2.17. The quantitative estimate of drug-likeness (QED) is 0.627. The van der Waals surface area contributed by atoms with E-state index in [1.165, 1.54) is 7.05 Å². The van der Waals surface area contributed by atoms with Crippen molar-refractivity contribution in [2.75, 3.05) is 21.3 Å². The minimum Gasteiger partial charge on any atom is -0.462 e. The largest absolute Gasteiger partial charge is 0.462 e. The molecule has 0 radical (unpaired) electrons. The fourth-order valence-electron chi connectivity index (χ4n) is 0.808. The van der Waals surface area contributed by atoms with Gasteiger partial charge >= 0.3 is 0 Å². The molecule has 2 N–H and O–H groups in total. The molecule has 5 nitrogen and oxygen atoms in total. The van der Waals surface area contributed by atoms with E-state index in [1.807, 2.05) is 26.8 Å². The first-order chi connectivity index (χ1) is 8.86. The minimum absolute atomic E-state index is 0.317. The van der Waals surface area contributed by atoms with Crippen LogP contribution in [0.15, 0.2) is 12.7 Å². The Bertz CT molecular complexity index is 212. The summed E-state index contributed by atoms with van der Waals surface area (Å²) in [4.78, 5) is 19.5. The van der Waals surface area contributed by atoms with E-state index in [4.69, 9.17) is 0 Å². The van der Waals surface area contributed by atoms with Gasteiger partial charge in [0.1, 0.15) is 11.9 Å². The van der Waals surface area contributed by atoms with E-state index in [1.54, 1.807) is 14.2 Å². The topological polar surface area (TPSA) is 78.6 Å². The molecule has 1 saturated carbocycles. The second-order valence-corrected chi connectivity index (χ2v) is 4.67. The minimum atomic E-state index is -0.318. The highest BCUT2D eigenvalue weighted by molar-refractivity contribution is 5.58. The molecule has 0 saturated heterocycles. The first-order valence-corrected chi connectivity index (χ1v) is 6.03. The zero-order valence-electron chi connectivity index (χ0n) is 13.0. The number of hydrogen-bond donors (Lipinski definition) is 1. The molecule has 0 aromatic heterocycles. The fourth-order valence-corrected chi connectivity index (χ4v) is 0.808. The van der Waals surface area contributed by atoms with E-state index in [9.17, 15) is 9.59 Å². The molecule has 0 aliphatic heterocycles. The van der Waals surface area contributed by atoms with Gasteiger partial charge in [-0.2, -0.15) is 0 Å². The van der Waals surface area contributed by atoms with E-state index < -0.39 is 0 Å². The highest BCUT2D eigenvalue weighted by atomic mass is 16.5. The number of methoxy groups -OCH3 is 1. The molecule has 19 heavy (non-hydrogen) atoms. The summed E-state index contributed by atoms with van der Waals surface area (Å²) >= 11 is 0. The number of nitrogens with two attached hydrogens (primary N) is 1. The van der Waals surface area contributed by atoms with Gasteiger partial charge in [-0.15, -0.1) is 6.58 Å². The van der Waals surface area contributed by atoms with Gasteiger partial charge in [0.05, 0.1) is 0 Å². The van der Waals surface area contributed by atoms with Gasteiger partial charge in [-0.05, 0) is 40.2 Å². The molecule has 1 rings (SSSR count). The average Bonchev–Trinajstić information content (AvgIpc) is 3.10. The predicted octanol–water partition coefficient (Wildman–Crippen LogP) is 1.80. The molecule has 0 spiro atoms. The van der Waals surface area contributed by atoms with Crippen LogP contribution < -0.4 is 5.73 Å². The second-order valence-electron chi connectivity index (χ2n) is 4.67. The monoisotopic (exact) mass is 275 g/mol. The number of carbonyl (C=O) groups is 2. The summed E-state index contributed by atoms with van der Waals surface area (Å²) in [6, 6.07) is 0. The Morgan fingerprint density at radius 3 is 1.63 bits per heavy atom. The van der Waals surface area contributed by atoms with Crippen LogP contribution in [0, 0.1) is 11.8 Å². The van der Waals surface area contributed by atoms with E-state index in [-0.39, 0.29) is 5.60 Å². The zero-order chi connectivity index (χ0) is 15.9. The van der Waals surface area contributed by atoms with Crippen LogP contribution in [0.4, 0.5) is 0 Å². The Labute approximate surface area is 117 Å². The molecule has 114 valence electrons. The van der Waals surface area contributed by atoms with Crippen molar-refractivity contribution in [3.05, 3.63) is 12.7 Å². The molecule has 0 aromatic carbocycles. The van der Waals surface area contributed by atoms with Gasteiger partial charge in [0.15, 0.2) is 0 Å². The molecule has 0 amide bonds. The Morgan fingerprint density at radius 2 is 1.58 bits per heavy atom. The summed E-state index contributed by atoms with van der Waals surface area (Å²) in [7, 11) is 4.75. The molecule has 5 heteroatoms. The second kappa shape index (κ2) is 14.9. The van der Waals surface area contributed by atoms with Crippen molar-refractivity contribution in [1.82, 2.24) is 0 Å². The van der Waals surface area contributed by atoms with Crippen LogP contribution in [-0.4, -0.2) is 39.6 Å². The van der Waals surface area contributed by atoms with Crippen LogP contribution in [-0.2, 0) is 19.1 Å². The lowest BCUT2D eigenvalue weighted by atomic mass is 10.2. The van der Waals surface area contributed by atoms with E-state index in [0.717, 1.165) is 12.7 Å². The standard InChI is InChI=1S/C6H8O.C5H10O2.C2H6O.CH5N/c1-2-5-3-6(5)4-7;1-5(2,3)7-4-6;1-3-2;1-2/h2,4-6H,1,3H2;4H,1-3H3;1-2H3;2H2,1H3. The molecule has 2 atom stereocenters. The Kier molecular flexibility index (Phi) is 17.9. The third kappa shape index (κ3) is 22.5. The van der Waals surface area contributed by atoms with Crippen LogP contribution in [0.5, 0.6) is 0 Å². The van der Waals surface area contributed by atoms with Crippen molar-refractivity contribution in [3.8, 4) is 0 Å². The molecular weight excluding hydrogens is 246 g/mol. The summed E-state index contributed by atoms with van der Waals surface area (Å²) in [5.41, 5.74) is 4.18. The first kappa shape index (κ1) is 22.9. The van der Waals surface area contributed by atoms with Crippen molar-refractivity contribution < 1.29 is 19.1 Å². The van der Waals surface area contributed by atoms with E-state index in [2.05, 4.69) is 21.8 Å². The lowest BCUT2D eigenvalue weighted by molar-refractivity contribution is -0.138. The van der Waals surface area contributed by atoms with E-state index in [0.29, 0.717) is 18.3 Å². The molecule has 0 heterocycles. The summed E-state index contributed by atoms with van der Waals surface area (Å²) in [6.07, 6.45) is 3.89. The van der Waals surface area contributed by atoms with Crippen molar-refractivity contribution in [1.29, 1.82) is 0 Å². The number of allylic oxidation sites excluding steroid dienone is 1. The summed E-state index contributed by atoms with van der Waals surface area (Å²) in [6.45, 7) is 9.48. The summed E-state index contributed by atoms with van der Waals surface area (Å²) < 4.78 is 8.80. The normalized spacial score (nSPS) is 18.9. The van der Waals surface area contributed by atoms with Gasteiger partial charge < -0.3 is 20.0 Å². The average molecular weight is 275 g/mol. The van der Waals surface area contributed by atoms with Crippen LogP contribution in [0.1, 0.15) is 27.2 Å². The maximum absolute atomic E-state index is 9.89. The zero-order valence-corrected chi connectivity index (χ0v) is 13.0. The maximum Gasteiger partial charge on any atom is 0.293 e.